The van der Waals surface area contributed by atoms with Crippen molar-refractivity contribution in [1.29, 1.82) is 0 Å². The molecule has 1 heterocycles. The third kappa shape index (κ3) is 6.30. The van der Waals surface area contributed by atoms with Gasteiger partial charge < -0.3 is 16.0 Å². The summed E-state index contributed by atoms with van der Waals surface area (Å²) in [6.07, 6.45) is -4.82. The number of hydrogen-bond donors (Lipinski definition) is 3. The normalized spacial score (nSPS) is 11.1. The first-order chi connectivity index (χ1) is 13.6. The molecule has 0 saturated heterocycles. The van der Waals surface area contributed by atoms with E-state index in [0.29, 0.717) is 6.07 Å². The maximum atomic E-state index is 13.3. The van der Waals surface area contributed by atoms with Crippen molar-refractivity contribution in [2.45, 2.75) is 19.6 Å². The summed E-state index contributed by atoms with van der Waals surface area (Å²) in [7, 11) is 0. The predicted octanol–water partition coefficient (Wildman–Crippen LogP) is 3.31. The molecular weight excluding hydrogens is 398 g/mol. The molecule has 0 spiro atoms. The highest BCUT2D eigenvalue weighted by molar-refractivity contribution is 5.72. The summed E-state index contributed by atoms with van der Waals surface area (Å²) in [5.74, 6) is -1.54. The standard InChI is InChI=1S/C17H17F4N5O3/c1-10(27)22-6-7-23-16-14(26(28)29)4-5-15(25-16)24-9-11-2-3-13(18)12(8-11)17(19,20)21/h2-5,8H,6-7,9H2,1H3,(H,22,27)(H2,23,24,25). The van der Waals surface area contributed by atoms with E-state index in [1.54, 1.807) is 0 Å². The summed E-state index contributed by atoms with van der Waals surface area (Å²) in [6.45, 7) is 1.59. The fourth-order valence-electron chi connectivity index (χ4n) is 2.34. The van der Waals surface area contributed by atoms with E-state index in [4.69, 9.17) is 0 Å². The Morgan fingerprint density at radius 3 is 2.52 bits per heavy atom. The second-order valence-corrected chi connectivity index (χ2v) is 5.90. The van der Waals surface area contributed by atoms with Gasteiger partial charge in [-0.05, 0) is 23.8 Å². The minimum Gasteiger partial charge on any atom is -0.366 e. The third-order valence-electron chi connectivity index (χ3n) is 3.67. The summed E-state index contributed by atoms with van der Waals surface area (Å²) in [5.41, 5.74) is -1.53. The molecule has 0 fully saturated rings. The number of nitrogens with zero attached hydrogens (tertiary/aromatic N) is 2. The maximum absolute atomic E-state index is 13.3. The molecule has 1 amide bonds. The maximum Gasteiger partial charge on any atom is 0.419 e. The number of rotatable bonds is 8. The van der Waals surface area contributed by atoms with E-state index in [9.17, 15) is 32.5 Å². The van der Waals surface area contributed by atoms with Crippen LogP contribution in [0.4, 0.5) is 34.9 Å². The number of amides is 1. The van der Waals surface area contributed by atoms with E-state index >= 15 is 0 Å². The number of aromatic nitrogens is 1. The number of benzene rings is 1. The molecule has 1 aromatic heterocycles. The summed E-state index contributed by atoms with van der Waals surface area (Å²) in [5, 5.41) is 19.1. The molecule has 2 aromatic rings. The van der Waals surface area contributed by atoms with Crippen LogP contribution in [0, 0.1) is 15.9 Å². The van der Waals surface area contributed by atoms with Crippen LogP contribution in [0.1, 0.15) is 18.1 Å². The van der Waals surface area contributed by atoms with Gasteiger partial charge in [0.2, 0.25) is 11.7 Å². The molecule has 0 saturated carbocycles. The van der Waals surface area contributed by atoms with Crippen LogP contribution in [0.5, 0.6) is 0 Å². The van der Waals surface area contributed by atoms with Crippen LogP contribution in [-0.2, 0) is 17.5 Å². The van der Waals surface area contributed by atoms with Crippen LogP contribution in [0.25, 0.3) is 0 Å². The zero-order valence-corrected chi connectivity index (χ0v) is 15.1. The number of nitro groups is 1. The number of nitrogens with one attached hydrogen (secondary N) is 3. The van der Waals surface area contributed by atoms with E-state index in [2.05, 4.69) is 20.9 Å². The second-order valence-electron chi connectivity index (χ2n) is 5.90. The molecule has 1 aromatic carbocycles. The molecular formula is C17H17F4N5O3. The van der Waals surface area contributed by atoms with Gasteiger partial charge in [0.05, 0.1) is 10.5 Å². The minimum atomic E-state index is -4.82. The van der Waals surface area contributed by atoms with E-state index in [1.807, 2.05) is 0 Å². The van der Waals surface area contributed by atoms with Crippen molar-refractivity contribution in [2.75, 3.05) is 23.7 Å². The van der Waals surface area contributed by atoms with Crippen molar-refractivity contribution < 1.29 is 27.3 Å². The Morgan fingerprint density at radius 1 is 1.17 bits per heavy atom. The molecule has 29 heavy (non-hydrogen) atoms. The molecule has 8 nitrogen and oxygen atoms in total. The molecule has 0 radical (unpaired) electrons. The number of halogens is 4. The lowest BCUT2D eigenvalue weighted by molar-refractivity contribution is -0.384. The lowest BCUT2D eigenvalue weighted by Gasteiger charge is -2.12. The number of carbonyl (C=O) groups is 1. The lowest BCUT2D eigenvalue weighted by Crippen LogP contribution is -2.26. The Kier molecular flexibility index (Phi) is 6.91. The number of alkyl halides is 3. The van der Waals surface area contributed by atoms with E-state index in [-0.39, 0.29) is 48.4 Å². The van der Waals surface area contributed by atoms with Gasteiger partial charge >= 0.3 is 11.9 Å². The molecule has 0 aliphatic heterocycles. The summed E-state index contributed by atoms with van der Waals surface area (Å²) in [6, 6.07) is 5.07. The Labute approximate surface area is 162 Å². The summed E-state index contributed by atoms with van der Waals surface area (Å²) < 4.78 is 51.7. The zero-order valence-electron chi connectivity index (χ0n) is 15.1. The third-order valence-corrected chi connectivity index (χ3v) is 3.67. The van der Waals surface area contributed by atoms with Gasteiger partial charge in [-0.15, -0.1) is 0 Å². The SMILES string of the molecule is CC(=O)NCCNc1nc(NCc2ccc(F)c(C(F)(F)F)c2)ccc1[N+](=O)[O-]. The Bertz CT molecular complexity index is 905. The van der Waals surface area contributed by atoms with E-state index < -0.39 is 22.5 Å². The van der Waals surface area contributed by atoms with Crippen molar-refractivity contribution in [2.24, 2.45) is 0 Å². The van der Waals surface area contributed by atoms with Gasteiger partial charge in [0.25, 0.3) is 0 Å². The smallest absolute Gasteiger partial charge is 0.366 e. The molecule has 0 bridgehead atoms. The highest BCUT2D eigenvalue weighted by Crippen LogP contribution is 2.32. The number of carbonyl (C=O) groups excluding carboxylic acids is 1. The topological polar surface area (TPSA) is 109 Å². The number of anilines is 2. The van der Waals surface area contributed by atoms with Gasteiger partial charge in [-0.2, -0.15) is 13.2 Å². The van der Waals surface area contributed by atoms with Crippen LogP contribution in [0.2, 0.25) is 0 Å². The Hall–Kier alpha value is -3.44. The van der Waals surface area contributed by atoms with Crippen LogP contribution < -0.4 is 16.0 Å². The van der Waals surface area contributed by atoms with Crippen LogP contribution in [-0.4, -0.2) is 28.9 Å². The van der Waals surface area contributed by atoms with Gasteiger partial charge in [-0.1, -0.05) is 6.07 Å². The highest BCUT2D eigenvalue weighted by atomic mass is 19.4. The van der Waals surface area contributed by atoms with Gasteiger partial charge in [0.15, 0.2) is 0 Å². The lowest BCUT2D eigenvalue weighted by atomic mass is 10.1. The monoisotopic (exact) mass is 415 g/mol. The predicted molar refractivity (Wildman–Crippen MR) is 96.8 cm³/mol. The average molecular weight is 415 g/mol. The molecule has 3 N–H and O–H groups in total. The highest BCUT2D eigenvalue weighted by Gasteiger charge is 2.34. The molecule has 0 atom stereocenters. The summed E-state index contributed by atoms with van der Waals surface area (Å²) >= 11 is 0. The molecule has 2 rings (SSSR count). The van der Waals surface area contributed by atoms with Crippen LogP contribution in [0.3, 0.4) is 0 Å². The fraction of sp³-hybridized carbons (Fsp3) is 0.294. The van der Waals surface area contributed by atoms with Crippen LogP contribution >= 0.6 is 0 Å². The molecule has 156 valence electrons. The molecule has 0 aliphatic rings. The van der Waals surface area contributed by atoms with Gasteiger partial charge in [0.1, 0.15) is 11.6 Å². The number of hydrogen-bond acceptors (Lipinski definition) is 6. The first-order valence-corrected chi connectivity index (χ1v) is 8.31. The van der Waals surface area contributed by atoms with Crippen molar-refractivity contribution in [3.05, 3.63) is 57.4 Å². The van der Waals surface area contributed by atoms with E-state index in [1.165, 1.54) is 25.1 Å². The molecule has 0 unspecified atom stereocenters. The van der Waals surface area contributed by atoms with Crippen molar-refractivity contribution in [1.82, 2.24) is 10.3 Å². The minimum absolute atomic E-state index is 0.0690. The quantitative estimate of drug-likeness (QED) is 0.264. The molecule has 12 heteroatoms. The van der Waals surface area contributed by atoms with Crippen molar-refractivity contribution >= 4 is 23.2 Å². The Morgan fingerprint density at radius 2 is 1.90 bits per heavy atom. The summed E-state index contributed by atoms with van der Waals surface area (Å²) in [4.78, 5) is 25.4. The van der Waals surface area contributed by atoms with Crippen LogP contribution in [0.15, 0.2) is 30.3 Å². The fourth-order valence-corrected chi connectivity index (χ4v) is 2.34. The average Bonchev–Trinajstić information content (AvgIpc) is 2.63. The van der Waals surface area contributed by atoms with Crippen molar-refractivity contribution in [3.63, 3.8) is 0 Å². The van der Waals surface area contributed by atoms with Crippen molar-refractivity contribution in [3.8, 4) is 0 Å². The Balaban J connectivity index is 2.12. The second kappa shape index (κ2) is 9.17. The number of pyridine rings is 1. The zero-order chi connectivity index (χ0) is 21.6. The van der Waals surface area contributed by atoms with Gasteiger partial charge in [-0.25, -0.2) is 9.37 Å². The van der Waals surface area contributed by atoms with Gasteiger partial charge in [-0.3, -0.25) is 14.9 Å². The molecule has 0 aliphatic carbocycles. The van der Waals surface area contributed by atoms with Gasteiger partial charge in [0, 0.05) is 32.6 Å². The van der Waals surface area contributed by atoms with E-state index in [0.717, 1.165) is 6.07 Å². The first-order valence-electron chi connectivity index (χ1n) is 8.31. The first kappa shape index (κ1) is 21.9. The largest absolute Gasteiger partial charge is 0.419 e.